The van der Waals surface area contributed by atoms with Gasteiger partial charge in [0.15, 0.2) is 0 Å². The Morgan fingerprint density at radius 2 is 1.84 bits per heavy atom. The summed E-state index contributed by atoms with van der Waals surface area (Å²) in [5, 5.41) is 0. The van der Waals surface area contributed by atoms with Crippen LogP contribution in [0, 0.1) is 0 Å². The van der Waals surface area contributed by atoms with Crippen molar-refractivity contribution in [3.8, 4) is 0 Å². The zero-order valence-corrected chi connectivity index (χ0v) is 11.8. The van der Waals surface area contributed by atoms with Gasteiger partial charge in [0.1, 0.15) is 0 Å². The van der Waals surface area contributed by atoms with Crippen molar-refractivity contribution in [3.63, 3.8) is 0 Å². The minimum absolute atomic E-state index is 0.0379. The molecule has 108 valence electrons. The SMILES string of the molecule is NCCCN(Cc1ccccc1)S(=O)(=O)CCCF. The van der Waals surface area contributed by atoms with E-state index in [2.05, 4.69) is 0 Å². The van der Waals surface area contributed by atoms with Crippen LogP contribution in [-0.2, 0) is 16.6 Å². The molecule has 0 spiro atoms. The van der Waals surface area contributed by atoms with Gasteiger partial charge in [0.05, 0.1) is 12.4 Å². The molecule has 19 heavy (non-hydrogen) atoms. The first-order valence-corrected chi connectivity index (χ1v) is 7.99. The van der Waals surface area contributed by atoms with Crippen molar-refractivity contribution >= 4 is 10.0 Å². The Morgan fingerprint density at radius 1 is 1.16 bits per heavy atom. The third-order valence-electron chi connectivity index (χ3n) is 2.74. The van der Waals surface area contributed by atoms with Gasteiger partial charge < -0.3 is 5.73 Å². The lowest BCUT2D eigenvalue weighted by Gasteiger charge is -2.22. The van der Waals surface area contributed by atoms with Gasteiger partial charge in [-0.2, -0.15) is 4.31 Å². The lowest BCUT2D eigenvalue weighted by Crippen LogP contribution is -2.34. The van der Waals surface area contributed by atoms with Crippen molar-refractivity contribution in [2.24, 2.45) is 5.73 Å². The molecule has 4 nitrogen and oxygen atoms in total. The number of hydrogen-bond donors (Lipinski definition) is 1. The van der Waals surface area contributed by atoms with Crippen molar-refractivity contribution in [1.82, 2.24) is 4.31 Å². The topological polar surface area (TPSA) is 63.4 Å². The highest BCUT2D eigenvalue weighted by atomic mass is 32.2. The standard InChI is InChI=1S/C13H21FN2O2S/c14-8-4-11-19(17,18)16(10-5-9-15)12-13-6-2-1-3-7-13/h1-3,6-7H,4-5,8-12,15H2. The maximum atomic E-state index is 12.2. The van der Waals surface area contributed by atoms with Crippen LogP contribution in [0.1, 0.15) is 18.4 Å². The zero-order valence-electron chi connectivity index (χ0n) is 11.0. The first-order valence-electron chi connectivity index (χ1n) is 6.38. The highest BCUT2D eigenvalue weighted by Crippen LogP contribution is 2.11. The fourth-order valence-corrected chi connectivity index (χ4v) is 3.22. The Balaban J connectivity index is 2.76. The van der Waals surface area contributed by atoms with Crippen molar-refractivity contribution in [2.75, 3.05) is 25.5 Å². The summed E-state index contributed by atoms with van der Waals surface area (Å²) in [5.41, 5.74) is 6.35. The number of nitrogens with zero attached hydrogens (tertiary/aromatic N) is 1. The van der Waals surface area contributed by atoms with Gasteiger partial charge >= 0.3 is 0 Å². The predicted molar refractivity (Wildman–Crippen MR) is 74.9 cm³/mol. The number of rotatable bonds is 9. The number of benzene rings is 1. The second-order valence-corrected chi connectivity index (χ2v) is 6.41. The number of hydrogen-bond acceptors (Lipinski definition) is 3. The largest absolute Gasteiger partial charge is 0.330 e. The van der Waals surface area contributed by atoms with Gasteiger partial charge in [-0.25, -0.2) is 8.42 Å². The van der Waals surface area contributed by atoms with E-state index in [1.807, 2.05) is 30.3 Å². The molecule has 0 amide bonds. The normalized spacial score (nSPS) is 11.9. The van der Waals surface area contributed by atoms with Crippen molar-refractivity contribution in [3.05, 3.63) is 35.9 Å². The molecule has 1 aromatic rings. The monoisotopic (exact) mass is 288 g/mol. The van der Waals surface area contributed by atoms with E-state index in [-0.39, 0.29) is 12.2 Å². The van der Waals surface area contributed by atoms with E-state index in [0.29, 0.717) is 26.1 Å². The summed E-state index contributed by atoms with van der Waals surface area (Å²) in [7, 11) is -3.42. The third-order valence-corrected chi connectivity index (χ3v) is 4.65. The molecule has 0 fully saturated rings. The summed E-state index contributed by atoms with van der Waals surface area (Å²) < 4.78 is 37.8. The molecule has 0 aliphatic heterocycles. The molecule has 0 atom stereocenters. The Bertz CT molecular complexity index is 451. The van der Waals surface area contributed by atoms with E-state index in [1.165, 1.54) is 4.31 Å². The Morgan fingerprint density at radius 3 is 2.42 bits per heavy atom. The quantitative estimate of drug-likeness (QED) is 0.749. The van der Waals surface area contributed by atoms with Crippen LogP contribution in [0.15, 0.2) is 30.3 Å². The van der Waals surface area contributed by atoms with Crippen LogP contribution in [0.3, 0.4) is 0 Å². The molecule has 0 aliphatic carbocycles. The summed E-state index contributed by atoms with van der Waals surface area (Å²) >= 11 is 0. The Hall–Kier alpha value is -0.980. The van der Waals surface area contributed by atoms with E-state index < -0.39 is 16.7 Å². The van der Waals surface area contributed by atoms with Gasteiger partial charge in [0, 0.05) is 13.1 Å². The lowest BCUT2D eigenvalue weighted by atomic mass is 10.2. The molecule has 0 aliphatic rings. The first-order chi connectivity index (χ1) is 9.10. The van der Waals surface area contributed by atoms with E-state index in [1.54, 1.807) is 0 Å². The van der Waals surface area contributed by atoms with Gasteiger partial charge in [-0.05, 0) is 24.9 Å². The highest BCUT2D eigenvalue weighted by molar-refractivity contribution is 7.89. The molecule has 2 N–H and O–H groups in total. The summed E-state index contributed by atoms with van der Waals surface area (Å²) in [6.45, 7) is 0.509. The minimum Gasteiger partial charge on any atom is -0.330 e. The fourth-order valence-electron chi connectivity index (χ4n) is 1.74. The van der Waals surface area contributed by atoms with E-state index in [9.17, 15) is 12.8 Å². The second kappa shape index (κ2) is 8.24. The molecule has 0 saturated heterocycles. The average molecular weight is 288 g/mol. The molecular formula is C13H21FN2O2S. The van der Waals surface area contributed by atoms with Crippen molar-refractivity contribution in [2.45, 2.75) is 19.4 Å². The van der Waals surface area contributed by atoms with Crippen LogP contribution in [0.2, 0.25) is 0 Å². The molecule has 0 unspecified atom stereocenters. The van der Waals surface area contributed by atoms with Crippen LogP contribution >= 0.6 is 0 Å². The van der Waals surface area contributed by atoms with Gasteiger partial charge in [0.25, 0.3) is 0 Å². The van der Waals surface area contributed by atoms with Gasteiger partial charge in [-0.1, -0.05) is 30.3 Å². The van der Waals surface area contributed by atoms with Crippen LogP contribution in [-0.4, -0.2) is 38.2 Å². The molecule has 0 saturated carbocycles. The average Bonchev–Trinajstić information content (AvgIpc) is 2.42. The van der Waals surface area contributed by atoms with Crippen LogP contribution < -0.4 is 5.73 Å². The van der Waals surface area contributed by atoms with Crippen LogP contribution in [0.25, 0.3) is 0 Å². The van der Waals surface area contributed by atoms with E-state index in [0.717, 1.165) is 5.56 Å². The summed E-state index contributed by atoms with van der Waals surface area (Å²) in [4.78, 5) is 0. The van der Waals surface area contributed by atoms with Crippen LogP contribution in [0.4, 0.5) is 4.39 Å². The molecule has 0 heterocycles. The Labute approximate surface area is 114 Å². The number of nitrogens with two attached hydrogens (primary N) is 1. The number of alkyl halides is 1. The summed E-state index contributed by atoms with van der Waals surface area (Å²) in [6, 6.07) is 9.36. The fraction of sp³-hybridized carbons (Fsp3) is 0.538. The maximum Gasteiger partial charge on any atom is 0.214 e. The summed E-state index contributed by atoms with van der Waals surface area (Å²) in [5.74, 6) is -0.152. The van der Waals surface area contributed by atoms with Crippen molar-refractivity contribution < 1.29 is 12.8 Å². The molecule has 0 bridgehead atoms. The molecule has 1 aromatic carbocycles. The maximum absolute atomic E-state index is 12.2. The van der Waals surface area contributed by atoms with Crippen LogP contribution in [0.5, 0.6) is 0 Å². The summed E-state index contributed by atoms with van der Waals surface area (Å²) in [6.07, 6.45) is 0.637. The number of halogens is 1. The van der Waals surface area contributed by atoms with E-state index >= 15 is 0 Å². The molecule has 6 heteroatoms. The minimum atomic E-state index is -3.42. The molecule has 1 rings (SSSR count). The van der Waals surface area contributed by atoms with Gasteiger partial charge in [-0.3, -0.25) is 4.39 Å². The number of sulfonamides is 1. The first kappa shape index (κ1) is 16.1. The smallest absolute Gasteiger partial charge is 0.214 e. The molecule has 0 radical (unpaired) electrons. The predicted octanol–water partition coefficient (Wildman–Crippen LogP) is 1.53. The lowest BCUT2D eigenvalue weighted by molar-refractivity contribution is 0.397. The molecular weight excluding hydrogens is 267 g/mol. The van der Waals surface area contributed by atoms with Gasteiger partial charge in [-0.15, -0.1) is 0 Å². The van der Waals surface area contributed by atoms with Gasteiger partial charge in [0.2, 0.25) is 10.0 Å². The molecule has 0 aromatic heterocycles. The Kier molecular flexibility index (Phi) is 6.97. The van der Waals surface area contributed by atoms with E-state index in [4.69, 9.17) is 5.73 Å². The second-order valence-electron chi connectivity index (χ2n) is 4.32. The van der Waals surface area contributed by atoms with Crippen molar-refractivity contribution in [1.29, 1.82) is 0 Å². The zero-order chi connectivity index (χ0) is 14.1. The highest BCUT2D eigenvalue weighted by Gasteiger charge is 2.21. The third kappa shape index (κ3) is 5.67.